The Kier molecular flexibility index (Phi) is 6.68. The molecule has 0 unspecified atom stereocenters. The molecule has 0 bridgehead atoms. The SMILES string of the molecule is Cc1c(S(=O)(=O)Nc2cc3c(cc2NS(=O)(=O)c2sc4ccc(Cl)cc4c2C)OC=CO3)sc2ccc(Cl)cc12. The van der Waals surface area contributed by atoms with Crippen LogP contribution in [0.1, 0.15) is 11.1 Å². The number of hydrogen-bond acceptors (Lipinski definition) is 8. The Balaban J connectivity index is 1.43. The molecule has 1 aliphatic rings. The van der Waals surface area contributed by atoms with Crippen LogP contribution in [0, 0.1) is 13.8 Å². The van der Waals surface area contributed by atoms with Crippen LogP contribution in [0.4, 0.5) is 11.4 Å². The standard InChI is InChI=1S/C26H18Cl2N2O6S4/c1-13-17-9-15(27)3-5-23(17)37-25(13)39(31,32)29-19-11-21-22(36-8-7-35-21)12-20(19)30-40(33,34)26-14(2)18-10-16(28)4-6-24(18)38-26/h3-12,29-30H,1-2H3. The van der Waals surface area contributed by atoms with E-state index in [1.807, 2.05) is 0 Å². The van der Waals surface area contributed by atoms with Crippen molar-refractivity contribution in [1.82, 2.24) is 0 Å². The van der Waals surface area contributed by atoms with E-state index >= 15 is 0 Å². The molecule has 0 atom stereocenters. The molecule has 2 aromatic heterocycles. The average Bonchev–Trinajstić information content (AvgIpc) is 3.41. The van der Waals surface area contributed by atoms with E-state index < -0.39 is 20.0 Å². The highest BCUT2D eigenvalue weighted by Crippen LogP contribution is 2.43. The molecule has 0 saturated carbocycles. The number of thiophene rings is 2. The van der Waals surface area contributed by atoms with Gasteiger partial charge in [-0.2, -0.15) is 0 Å². The zero-order chi connectivity index (χ0) is 28.4. The number of ether oxygens (including phenoxy) is 2. The van der Waals surface area contributed by atoms with E-state index in [1.54, 1.807) is 50.2 Å². The fourth-order valence-electron chi connectivity index (χ4n) is 4.35. The minimum absolute atomic E-state index is 0.0436. The van der Waals surface area contributed by atoms with E-state index in [4.69, 9.17) is 32.7 Å². The van der Waals surface area contributed by atoms with Crippen molar-refractivity contribution >= 4 is 97.5 Å². The second kappa shape index (κ2) is 9.82. The first-order valence-electron chi connectivity index (χ1n) is 11.5. The maximum absolute atomic E-state index is 13.6. The molecule has 8 nitrogen and oxygen atoms in total. The summed E-state index contributed by atoms with van der Waals surface area (Å²) >= 11 is 14.4. The van der Waals surface area contributed by atoms with E-state index in [2.05, 4.69) is 9.44 Å². The Hall–Kier alpha value is -3.00. The molecule has 0 amide bonds. The Labute approximate surface area is 247 Å². The van der Waals surface area contributed by atoms with E-state index in [1.165, 1.54) is 24.7 Å². The number of sulfonamides is 2. The van der Waals surface area contributed by atoms with Gasteiger partial charge in [0.2, 0.25) is 0 Å². The molecule has 0 fully saturated rings. The highest BCUT2D eigenvalue weighted by atomic mass is 35.5. The highest BCUT2D eigenvalue weighted by molar-refractivity contribution is 7.95. The van der Waals surface area contributed by atoms with Crippen molar-refractivity contribution in [3.05, 3.63) is 82.2 Å². The topological polar surface area (TPSA) is 111 Å². The van der Waals surface area contributed by atoms with Crippen LogP contribution in [-0.4, -0.2) is 16.8 Å². The number of rotatable bonds is 6. The predicted molar refractivity (Wildman–Crippen MR) is 162 cm³/mol. The van der Waals surface area contributed by atoms with Gasteiger partial charge in [-0.05, 0) is 72.1 Å². The Morgan fingerprint density at radius 2 is 1.05 bits per heavy atom. The van der Waals surface area contributed by atoms with Crippen molar-refractivity contribution in [2.24, 2.45) is 0 Å². The van der Waals surface area contributed by atoms with E-state index in [0.717, 1.165) is 32.1 Å². The van der Waals surface area contributed by atoms with Gasteiger partial charge < -0.3 is 9.47 Å². The lowest BCUT2D eigenvalue weighted by atomic mass is 10.2. The lowest BCUT2D eigenvalue weighted by Gasteiger charge is -2.19. The van der Waals surface area contributed by atoms with Gasteiger partial charge in [0.1, 0.15) is 20.9 Å². The fourth-order valence-corrected chi connectivity index (χ4v) is 10.3. The third-order valence-corrected chi connectivity index (χ3v) is 13.2. The highest BCUT2D eigenvalue weighted by Gasteiger charge is 2.28. The summed E-state index contributed by atoms with van der Waals surface area (Å²) in [6, 6.07) is 13.0. The lowest BCUT2D eigenvalue weighted by molar-refractivity contribution is 0.362. The molecule has 0 radical (unpaired) electrons. The molecule has 0 spiro atoms. The molecule has 2 N–H and O–H groups in total. The Morgan fingerprint density at radius 3 is 1.45 bits per heavy atom. The summed E-state index contributed by atoms with van der Waals surface area (Å²) in [7, 11) is -8.31. The van der Waals surface area contributed by atoms with Gasteiger partial charge in [-0.3, -0.25) is 9.44 Å². The first-order chi connectivity index (χ1) is 18.9. The van der Waals surface area contributed by atoms with Crippen molar-refractivity contribution in [2.45, 2.75) is 22.3 Å². The second-order valence-corrected chi connectivity index (χ2v) is 15.6. The van der Waals surface area contributed by atoms with E-state index in [-0.39, 0.29) is 31.3 Å². The molecular formula is C26H18Cl2N2O6S4. The van der Waals surface area contributed by atoms with Crippen molar-refractivity contribution < 1.29 is 26.3 Å². The Bertz CT molecular complexity index is 1950. The number of fused-ring (bicyclic) bond motifs is 3. The van der Waals surface area contributed by atoms with Crippen LogP contribution in [0.5, 0.6) is 11.5 Å². The smallest absolute Gasteiger partial charge is 0.271 e. The quantitative estimate of drug-likeness (QED) is 0.193. The fraction of sp³-hybridized carbons (Fsp3) is 0.0769. The molecule has 1 aliphatic heterocycles. The third kappa shape index (κ3) is 4.78. The Morgan fingerprint density at radius 1 is 0.650 bits per heavy atom. The minimum Gasteiger partial charge on any atom is -0.458 e. The first-order valence-corrected chi connectivity index (χ1v) is 16.9. The van der Waals surface area contributed by atoms with Crippen LogP contribution < -0.4 is 18.9 Å². The number of benzene rings is 3. The molecule has 6 rings (SSSR count). The molecule has 3 heterocycles. The maximum Gasteiger partial charge on any atom is 0.271 e. The third-order valence-electron chi connectivity index (χ3n) is 6.22. The number of nitrogens with one attached hydrogen (secondary N) is 2. The number of halogens is 2. The molecule has 40 heavy (non-hydrogen) atoms. The zero-order valence-electron chi connectivity index (χ0n) is 20.6. The first kappa shape index (κ1) is 27.2. The summed E-state index contributed by atoms with van der Waals surface area (Å²) in [6.07, 6.45) is 2.58. The van der Waals surface area contributed by atoms with Gasteiger partial charge in [0.05, 0.1) is 11.4 Å². The largest absolute Gasteiger partial charge is 0.458 e. The van der Waals surface area contributed by atoms with E-state index in [9.17, 15) is 16.8 Å². The number of anilines is 2. The molecule has 3 aromatic carbocycles. The normalized spacial score (nSPS) is 13.2. The molecular weight excluding hydrogens is 635 g/mol. The van der Waals surface area contributed by atoms with Crippen molar-refractivity contribution in [3.8, 4) is 11.5 Å². The predicted octanol–water partition coefficient (Wildman–Crippen LogP) is 7.88. The summed E-state index contributed by atoms with van der Waals surface area (Å²) in [4.78, 5) is 0. The van der Waals surface area contributed by atoms with Gasteiger partial charge in [0.25, 0.3) is 20.0 Å². The van der Waals surface area contributed by atoms with Crippen LogP contribution in [0.2, 0.25) is 10.0 Å². The number of hydrogen-bond donors (Lipinski definition) is 2. The molecule has 5 aromatic rings. The van der Waals surface area contributed by atoms with Gasteiger partial charge in [-0.15, -0.1) is 22.7 Å². The maximum atomic E-state index is 13.6. The second-order valence-electron chi connectivity index (χ2n) is 8.87. The molecule has 14 heteroatoms. The summed E-state index contributed by atoms with van der Waals surface area (Å²) in [5.74, 6) is 0.409. The summed E-state index contributed by atoms with van der Waals surface area (Å²) in [5, 5.41) is 2.40. The monoisotopic (exact) mass is 652 g/mol. The van der Waals surface area contributed by atoms with Gasteiger partial charge >= 0.3 is 0 Å². The van der Waals surface area contributed by atoms with Crippen molar-refractivity contribution in [3.63, 3.8) is 0 Å². The minimum atomic E-state index is -4.16. The average molecular weight is 654 g/mol. The van der Waals surface area contributed by atoms with Gasteiger partial charge in [0.15, 0.2) is 11.5 Å². The van der Waals surface area contributed by atoms with Crippen LogP contribution in [-0.2, 0) is 20.0 Å². The summed E-state index contributed by atoms with van der Waals surface area (Å²) in [5.41, 5.74) is 0.963. The molecule has 0 saturated heterocycles. The van der Waals surface area contributed by atoms with Crippen LogP contribution >= 0.6 is 45.9 Å². The van der Waals surface area contributed by atoms with Crippen molar-refractivity contribution in [1.29, 1.82) is 0 Å². The summed E-state index contributed by atoms with van der Waals surface area (Å²) in [6.45, 7) is 3.39. The lowest BCUT2D eigenvalue weighted by Crippen LogP contribution is -2.18. The molecule has 0 aliphatic carbocycles. The van der Waals surface area contributed by atoms with Gasteiger partial charge in [0, 0.05) is 31.6 Å². The van der Waals surface area contributed by atoms with Crippen molar-refractivity contribution in [2.75, 3.05) is 9.44 Å². The van der Waals surface area contributed by atoms with Crippen LogP contribution in [0.25, 0.3) is 20.2 Å². The van der Waals surface area contributed by atoms with Gasteiger partial charge in [-0.1, -0.05) is 23.2 Å². The van der Waals surface area contributed by atoms with Gasteiger partial charge in [-0.25, -0.2) is 16.8 Å². The van der Waals surface area contributed by atoms with Crippen LogP contribution in [0.3, 0.4) is 0 Å². The zero-order valence-corrected chi connectivity index (χ0v) is 25.4. The summed E-state index contributed by atoms with van der Waals surface area (Å²) < 4.78 is 72.2. The van der Waals surface area contributed by atoms with E-state index in [0.29, 0.717) is 31.9 Å². The number of aryl methyl sites for hydroxylation is 2. The van der Waals surface area contributed by atoms with Crippen LogP contribution in [0.15, 0.2) is 69.5 Å². The molecule has 206 valence electrons.